The van der Waals surface area contributed by atoms with Crippen molar-refractivity contribution in [3.8, 4) is 16.9 Å². The fourth-order valence-corrected chi connectivity index (χ4v) is 4.82. The molecule has 4 rings (SSSR count). The summed E-state index contributed by atoms with van der Waals surface area (Å²) in [5.74, 6) is 1.35. The Kier molecular flexibility index (Phi) is 6.29. The van der Waals surface area contributed by atoms with Crippen LogP contribution in [0, 0.1) is 6.92 Å². The van der Waals surface area contributed by atoms with E-state index < -0.39 is 0 Å². The van der Waals surface area contributed by atoms with Crippen molar-refractivity contribution in [3.63, 3.8) is 0 Å². The van der Waals surface area contributed by atoms with Crippen molar-refractivity contribution in [2.24, 2.45) is 7.05 Å². The first-order valence-electron chi connectivity index (χ1n) is 8.75. The van der Waals surface area contributed by atoms with Crippen molar-refractivity contribution in [3.05, 3.63) is 47.2 Å². The average molecular weight is 539 g/mol. The van der Waals surface area contributed by atoms with Crippen LogP contribution in [0.3, 0.4) is 0 Å². The van der Waals surface area contributed by atoms with Crippen molar-refractivity contribution < 1.29 is 9.26 Å². The monoisotopic (exact) mass is 539 g/mol. The first-order chi connectivity index (χ1) is 14.1. The van der Waals surface area contributed by atoms with Gasteiger partial charge in [0.15, 0.2) is 0 Å². The molecule has 0 aliphatic heterocycles. The molecule has 4 aromatic rings. The van der Waals surface area contributed by atoms with Gasteiger partial charge in [0.1, 0.15) is 5.75 Å². The molecule has 7 nitrogen and oxygen atoms in total. The first kappa shape index (κ1) is 20.5. The third-order valence-corrected chi connectivity index (χ3v) is 6.61. The van der Waals surface area contributed by atoms with Crippen LogP contribution in [0.5, 0.6) is 5.75 Å². The topological polar surface area (TPSA) is 74.1 Å². The van der Waals surface area contributed by atoms with E-state index in [9.17, 15) is 0 Å². The lowest BCUT2D eigenvalue weighted by molar-refractivity contribution is 0.358. The molecule has 150 valence electrons. The number of hydrogen-bond acceptors (Lipinski definition) is 7. The predicted octanol–water partition coefficient (Wildman–Crippen LogP) is 5.61. The highest BCUT2D eigenvalue weighted by molar-refractivity contribution is 14.2. The number of nitrogens with zero attached hydrogens (tertiary/aromatic N) is 4. The molecular weight excluding hydrogens is 520 g/mol. The predicted molar refractivity (Wildman–Crippen MR) is 128 cm³/mol. The number of fused-ring (bicyclic) bond motifs is 1. The van der Waals surface area contributed by atoms with E-state index in [0.29, 0.717) is 19.0 Å². The Morgan fingerprint density at radius 3 is 2.90 bits per heavy atom. The van der Waals surface area contributed by atoms with E-state index in [1.165, 1.54) is 4.88 Å². The number of ether oxygens (including phenoxy) is 1. The Morgan fingerprint density at radius 1 is 1.31 bits per heavy atom. The number of benzene rings is 1. The molecule has 0 aliphatic rings. The maximum absolute atomic E-state index is 5.70. The highest BCUT2D eigenvalue weighted by Gasteiger charge is 2.18. The lowest BCUT2D eigenvalue weighted by atomic mass is 10.0. The van der Waals surface area contributed by atoms with Gasteiger partial charge in [-0.05, 0) is 40.6 Å². The standard InChI is InChI=1S/C19H19IN5O2PS/c1-11-17(14-5-4-12(10-27-28-20)6-15(14)26-3)18-16(29-11)8-21-19(24-18)23-13-7-22-25(2)9-13/h4-9,28H,10H2,1-3H3,(H,21,23,24). The summed E-state index contributed by atoms with van der Waals surface area (Å²) in [6.07, 6.45) is 5.49. The molecule has 1 unspecified atom stereocenters. The van der Waals surface area contributed by atoms with E-state index in [2.05, 4.69) is 56.5 Å². The van der Waals surface area contributed by atoms with Gasteiger partial charge in [0.05, 0.1) is 48.5 Å². The third kappa shape index (κ3) is 4.37. The third-order valence-electron chi connectivity index (χ3n) is 4.40. The molecule has 3 heterocycles. The summed E-state index contributed by atoms with van der Waals surface area (Å²) >= 11 is 3.90. The number of aromatic nitrogens is 4. The molecule has 0 bridgehead atoms. The van der Waals surface area contributed by atoms with Crippen molar-refractivity contribution in [1.82, 2.24) is 19.7 Å². The van der Waals surface area contributed by atoms with Gasteiger partial charge in [-0.15, -0.1) is 11.3 Å². The van der Waals surface area contributed by atoms with Gasteiger partial charge < -0.3 is 14.6 Å². The molecule has 0 aliphatic carbocycles. The Bertz CT molecular complexity index is 1160. The fourth-order valence-electron chi connectivity index (χ4n) is 3.14. The molecule has 0 saturated heterocycles. The smallest absolute Gasteiger partial charge is 0.227 e. The van der Waals surface area contributed by atoms with E-state index in [4.69, 9.17) is 14.2 Å². The van der Waals surface area contributed by atoms with Crippen molar-refractivity contribution >= 4 is 61.7 Å². The lowest BCUT2D eigenvalue weighted by Gasteiger charge is -2.11. The minimum Gasteiger partial charge on any atom is -0.496 e. The van der Waals surface area contributed by atoms with Gasteiger partial charge in [0, 0.05) is 29.2 Å². The summed E-state index contributed by atoms with van der Waals surface area (Å²) in [5, 5.41) is 7.39. The largest absolute Gasteiger partial charge is 0.496 e. The van der Waals surface area contributed by atoms with Crippen LogP contribution in [-0.4, -0.2) is 26.9 Å². The van der Waals surface area contributed by atoms with Crippen LogP contribution in [0.4, 0.5) is 11.6 Å². The summed E-state index contributed by atoms with van der Waals surface area (Å²) in [6, 6.07) is 6.19. The molecule has 1 aromatic carbocycles. The van der Waals surface area contributed by atoms with Crippen molar-refractivity contribution in [2.75, 3.05) is 12.4 Å². The number of aryl methyl sites for hydroxylation is 2. The Labute approximate surface area is 187 Å². The second-order valence-corrected chi connectivity index (χ2v) is 9.39. The molecule has 1 atom stereocenters. The number of hydrogen-bond donors (Lipinski definition) is 1. The van der Waals surface area contributed by atoms with Crippen LogP contribution in [-0.2, 0) is 18.2 Å². The van der Waals surface area contributed by atoms with Gasteiger partial charge in [-0.2, -0.15) is 5.10 Å². The number of methoxy groups -OCH3 is 1. The highest BCUT2D eigenvalue weighted by atomic mass is 127. The lowest BCUT2D eigenvalue weighted by Crippen LogP contribution is -1.97. The average Bonchev–Trinajstić information content (AvgIpc) is 3.27. The number of nitrogens with one attached hydrogen (secondary N) is 1. The van der Waals surface area contributed by atoms with Crippen LogP contribution in [0.2, 0.25) is 0 Å². The number of halogens is 1. The fraction of sp³-hybridized carbons (Fsp3) is 0.211. The van der Waals surface area contributed by atoms with Crippen LogP contribution in [0.25, 0.3) is 21.3 Å². The number of anilines is 2. The van der Waals surface area contributed by atoms with Crippen LogP contribution < -0.4 is 10.1 Å². The van der Waals surface area contributed by atoms with Gasteiger partial charge in [-0.1, -0.05) is 12.1 Å². The minimum absolute atomic E-state index is 0.430. The molecular formula is C19H19IN5O2PS. The summed E-state index contributed by atoms with van der Waals surface area (Å²) in [4.78, 5) is 10.4. The van der Waals surface area contributed by atoms with E-state index in [1.54, 1.807) is 29.3 Å². The Balaban J connectivity index is 1.76. The molecule has 0 saturated carbocycles. The number of rotatable bonds is 7. The second kappa shape index (κ2) is 8.91. The normalized spacial score (nSPS) is 11.6. The van der Waals surface area contributed by atoms with E-state index in [1.807, 2.05) is 25.5 Å². The van der Waals surface area contributed by atoms with Gasteiger partial charge in [-0.3, -0.25) is 4.68 Å². The minimum atomic E-state index is 0.430. The zero-order valence-corrected chi connectivity index (χ0v) is 20.0. The van der Waals surface area contributed by atoms with Crippen molar-refractivity contribution in [1.29, 1.82) is 0 Å². The van der Waals surface area contributed by atoms with Gasteiger partial charge in [-0.25, -0.2) is 9.97 Å². The summed E-state index contributed by atoms with van der Waals surface area (Å²) in [5.41, 5.74) is 4.92. The summed E-state index contributed by atoms with van der Waals surface area (Å²) in [7, 11) is 3.56. The zero-order valence-electron chi connectivity index (χ0n) is 16.1. The highest BCUT2D eigenvalue weighted by Crippen LogP contribution is 2.42. The molecule has 0 radical (unpaired) electrons. The zero-order chi connectivity index (χ0) is 20.4. The Hall–Kier alpha value is -1.81. The molecule has 1 N–H and O–H groups in total. The first-order valence-corrected chi connectivity index (χ1v) is 13.6. The SMILES string of the molecule is COc1cc(COPI)ccc1-c1c(C)sc2cnc(Nc3cnn(C)c3)nc12. The molecule has 0 spiro atoms. The molecule has 0 amide bonds. The molecule has 0 fully saturated rings. The molecule has 10 heteroatoms. The van der Waals surface area contributed by atoms with E-state index in [0.717, 1.165) is 38.3 Å². The second-order valence-electron chi connectivity index (χ2n) is 6.37. The maximum Gasteiger partial charge on any atom is 0.227 e. The van der Waals surface area contributed by atoms with Gasteiger partial charge >= 0.3 is 0 Å². The van der Waals surface area contributed by atoms with Crippen LogP contribution >= 0.6 is 39.8 Å². The molecule has 3 aromatic heterocycles. The van der Waals surface area contributed by atoms with E-state index in [-0.39, 0.29) is 0 Å². The van der Waals surface area contributed by atoms with Crippen LogP contribution in [0.1, 0.15) is 10.4 Å². The van der Waals surface area contributed by atoms with Gasteiger partial charge in [0.2, 0.25) is 5.95 Å². The maximum atomic E-state index is 5.70. The number of thiophene rings is 1. The van der Waals surface area contributed by atoms with Crippen molar-refractivity contribution in [2.45, 2.75) is 13.5 Å². The summed E-state index contributed by atoms with van der Waals surface area (Å²) < 4.78 is 14.0. The molecule has 29 heavy (non-hydrogen) atoms. The summed E-state index contributed by atoms with van der Waals surface area (Å²) in [6.45, 7) is 3.10. The van der Waals surface area contributed by atoms with Crippen LogP contribution in [0.15, 0.2) is 36.8 Å². The quantitative estimate of drug-likeness (QED) is 0.243. The van der Waals surface area contributed by atoms with Gasteiger partial charge in [0.25, 0.3) is 0 Å². The Morgan fingerprint density at radius 2 is 2.17 bits per heavy atom. The van der Waals surface area contributed by atoms with E-state index >= 15 is 0 Å².